The highest BCUT2D eigenvalue weighted by atomic mass is 35.5. The lowest BCUT2D eigenvalue weighted by atomic mass is 10.1. The molecule has 0 bridgehead atoms. The zero-order valence-corrected chi connectivity index (χ0v) is 14.6. The van der Waals surface area contributed by atoms with Gasteiger partial charge in [-0.25, -0.2) is 13.6 Å². The third-order valence-electron chi connectivity index (χ3n) is 3.43. The molecule has 0 aliphatic carbocycles. The van der Waals surface area contributed by atoms with Crippen LogP contribution >= 0.6 is 11.6 Å². The lowest BCUT2D eigenvalue weighted by molar-refractivity contribution is -0.144. The quantitative estimate of drug-likeness (QED) is 0.608. The van der Waals surface area contributed by atoms with Gasteiger partial charge in [0.05, 0.1) is 6.04 Å². The fourth-order valence-corrected chi connectivity index (χ4v) is 2.26. The molecule has 0 saturated heterocycles. The molecule has 2 aromatic carbocycles. The van der Waals surface area contributed by atoms with Gasteiger partial charge in [-0.2, -0.15) is 0 Å². The number of nitrogens with one attached hydrogen (secondary N) is 1. The number of carbonyl (C=O) groups excluding carboxylic acids is 2. The molecule has 1 atom stereocenters. The van der Waals surface area contributed by atoms with Gasteiger partial charge in [-0.15, -0.1) is 0 Å². The Hall–Kier alpha value is -2.73. The molecule has 4 nitrogen and oxygen atoms in total. The van der Waals surface area contributed by atoms with Crippen molar-refractivity contribution >= 4 is 29.6 Å². The van der Waals surface area contributed by atoms with E-state index < -0.39 is 36.2 Å². The molecule has 136 valence electrons. The van der Waals surface area contributed by atoms with Crippen LogP contribution < -0.4 is 5.32 Å². The van der Waals surface area contributed by atoms with Crippen molar-refractivity contribution in [2.24, 2.45) is 0 Å². The predicted molar refractivity (Wildman–Crippen MR) is 94.4 cm³/mol. The second-order valence-corrected chi connectivity index (χ2v) is 5.88. The molecule has 7 heteroatoms. The average Bonchev–Trinajstić information content (AvgIpc) is 2.59. The molecule has 1 amide bonds. The molecule has 1 N–H and O–H groups in total. The van der Waals surface area contributed by atoms with Crippen LogP contribution in [-0.2, 0) is 14.3 Å². The predicted octanol–water partition coefficient (Wildman–Crippen LogP) is 4.05. The minimum absolute atomic E-state index is 0.133. The number of carbonyl (C=O) groups is 2. The van der Waals surface area contributed by atoms with Crippen LogP contribution in [0.4, 0.5) is 8.78 Å². The summed E-state index contributed by atoms with van der Waals surface area (Å²) < 4.78 is 31.4. The van der Waals surface area contributed by atoms with Crippen molar-refractivity contribution in [2.75, 3.05) is 6.61 Å². The highest BCUT2D eigenvalue weighted by Gasteiger charge is 2.15. The number of ether oxygens (including phenoxy) is 1. The summed E-state index contributed by atoms with van der Waals surface area (Å²) in [6.07, 6.45) is 2.70. The van der Waals surface area contributed by atoms with Crippen molar-refractivity contribution in [1.29, 1.82) is 0 Å². The molecule has 0 heterocycles. The Morgan fingerprint density at radius 2 is 1.88 bits per heavy atom. The van der Waals surface area contributed by atoms with Gasteiger partial charge in [-0.1, -0.05) is 29.8 Å². The van der Waals surface area contributed by atoms with E-state index in [0.717, 1.165) is 17.7 Å². The van der Waals surface area contributed by atoms with E-state index in [4.69, 9.17) is 16.3 Å². The molecule has 0 aromatic heterocycles. The summed E-state index contributed by atoms with van der Waals surface area (Å²) in [5, 5.41) is 3.05. The summed E-state index contributed by atoms with van der Waals surface area (Å²) in [7, 11) is 0. The summed E-state index contributed by atoms with van der Waals surface area (Å²) in [4.78, 5) is 23.4. The van der Waals surface area contributed by atoms with E-state index in [1.54, 1.807) is 24.3 Å². The molecule has 0 fully saturated rings. The third-order valence-corrected chi connectivity index (χ3v) is 3.69. The standard InChI is InChI=1S/C19H16ClF2NO3/c1-12(16-8-7-15(21)10-17(16)22)23-18(24)11-26-19(25)9-4-13-2-5-14(20)6-3-13/h2-10,12H,11H2,1H3,(H,23,24)/b9-4+/t12-/m1/s1. The molecule has 2 aromatic rings. The zero-order chi connectivity index (χ0) is 19.1. The second-order valence-electron chi connectivity index (χ2n) is 5.45. The number of esters is 1. The Labute approximate surface area is 154 Å². The maximum Gasteiger partial charge on any atom is 0.331 e. The van der Waals surface area contributed by atoms with Crippen LogP contribution in [0.2, 0.25) is 5.02 Å². The summed E-state index contributed by atoms with van der Waals surface area (Å²) in [5.74, 6) is -2.77. The van der Waals surface area contributed by atoms with Crippen LogP contribution in [0.1, 0.15) is 24.1 Å². The molecule has 0 aliphatic heterocycles. The Balaban J connectivity index is 1.82. The maximum atomic E-state index is 13.7. The first kappa shape index (κ1) is 19.6. The molecular formula is C19H16ClF2NO3. The van der Waals surface area contributed by atoms with Crippen molar-refractivity contribution < 1.29 is 23.1 Å². The SMILES string of the molecule is C[C@@H](NC(=O)COC(=O)/C=C/c1ccc(Cl)cc1)c1ccc(F)cc1F. The minimum Gasteiger partial charge on any atom is -0.452 e. The smallest absolute Gasteiger partial charge is 0.331 e. The normalized spacial score (nSPS) is 12.0. The first-order chi connectivity index (χ1) is 12.3. The van der Waals surface area contributed by atoms with Crippen LogP contribution in [0, 0.1) is 11.6 Å². The van der Waals surface area contributed by atoms with E-state index in [-0.39, 0.29) is 5.56 Å². The van der Waals surface area contributed by atoms with Crippen molar-refractivity contribution in [3.63, 3.8) is 0 Å². The van der Waals surface area contributed by atoms with Gasteiger partial charge in [0.1, 0.15) is 11.6 Å². The molecular weight excluding hydrogens is 364 g/mol. The number of benzene rings is 2. The topological polar surface area (TPSA) is 55.4 Å². The number of hydrogen-bond acceptors (Lipinski definition) is 3. The Morgan fingerprint density at radius 3 is 2.54 bits per heavy atom. The van der Waals surface area contributed by atoms with Crippen molar-refractivity contribution in [3.05, 3.63) is 76.3 Å². The largest absolute Gasteiger partial charge is 0.452 e. The van der Waals surface area contributed by atoms with Crippen LogP contribution in [0.3, 0.4) is 0 Å². The van der Waals surface area contributed by atoms with E-state index >= 15 is 0 Å². The number of amides is 1. The Bertz CT molecular complexity index is 822. The molecule has 0 unspecified atom stereocenters. The Morgan fingerprint density at radius 1 is 1.19 bits per heavy atom. The summed E-state index contributed by atoms with van der Waals surface area (Å²) in [6.45, 7) is 1.02. The van der Waals surface area contributed by atoms with E-state index in [2.05, 4.69) is 5.32 Å². The molecule has 0 radical (unpaired) electrons. The van der Waals surface area contributed by atoms with Gasteiger partial charge in [-0.3, -0.25) is 4.79 Å². The summed E-state index contributed by atoms with van der Waals surface area (Å²) >= 11 is 5.76. The molecule has 0 spiro atoms. The highest BCUT2D eigenvalue weighted by molar-refractivity contribution is 6.30. The first-order valence-corrected chi connectivity index (χ1v) is 8.07. The van der Waals surface area contributed by atoms with Gasteiger partial charge in [0.15, 0.2) is 6.61 Å². The molecule has 0 aliphatic rings. The summed E-state index contributed by atoms with van der Waals surface area (Å²) in [6, 6.07) is 9.17. The van der Waals surface area contributed by atoms with Gasteiger partial charge in [0.2, 0.25) is 0 Å². The van der Waals surface area contributed by atoms with Gasteiger partial charge in [-0.05, 0) is 36.8 Å². The van der Waals surface area contributed by atoms with Gasteiger partial charge in [0.25, 0.3) is 5.91 Å². The van der Waals surface area contributed by atoms with Gasteiger partial charge >= 0.3 is 5.97 Å². The van der Waals surface area contributed by atoms with Gasteiger partial charge < -0.3 is 10.1 Å². The lowest BCUT2D eigenvalue weighted by Crippen LogP contribution is -2.31. The van der Waals surface area contributed by atoms with E-state index in [1.165, 1.54) is 25.1 Å². The lowest BCUT2D eigenvalue weighted by Gasteiger charge is -2.15. The molecule has 0 saturated carbocycles. The van der Waals surface area contributed by atoms with Crippen molar-refractivity contribution in [2.45, 2.75) is 13.0 Å². The van der Waals surface area contributed by atoms with E-state index in [9.17, 15) is 18.4 Å². The van der Waals surface area contributed by atoms with Crippen molar-refractivity contribution in [1.82, 2.24) is 5.32 Å². The van der Waals surface area contributed by atoms with Crippen molar-refractivity contribution in [3.8, 4) is 0 Å². The number of halogens is 3. The number of rotatable bonds is 6. The van der Waals surface area contributed by atoms with E-state index in [1.807, 2.05) is 0 Å². The van der Waals surface area contributed by atoms with E-state index in [0.29, 0.717) is 5.02 Å². The third kappa shape index (κ3) is 5.97. The van der Waals surface area contributed by atoms with Crippen LogP contribution in [0.5, 0.6) is 0 Å². The van der Waals surface area contributed by atoms with Crippen LogP contribution in [0.25, 0.3) is 6.08 Å². The highest BCUT2D eigenvalue weighted by Crippen LogP contribution is 2.17. The van der Waals surface area contributed by atoms with Crippen LogP contribution in [0.15, 0.2) is 48.5 Å². The fraction of sp³-hybridized carbons (Fsp3) is 0.158. The van der Waals surface area contributed by atoms with Crippen LogP contribution in [-0.4, -0.2) is 18.5 Å². The summed E-state index contributed by atoms with van der Waals surface area (Å²) in [5.41, 5.74) is 0.880. The Kier molecular flexibility index (Phi) is 6.86. The monoisotopic (exact) mass is 379 g/mol. The number of hydrogen-bond donors (Lipinski definition) is 1. The zero-order valence-electron chi connectivity index (χ0n) is 13.8. The minimum atomic E-state index is -0.763. The fourth-order valence-electron chi connectivity index (χ4n) is 2.14. The molecule has 2 rings (SSSR count). The van der Waals surface area contributed by atoms with Gasteiger partial charge in [0, 0.05) is 22.7 Å². The second kappa shape index (κ2) is 9.10. The first-order valence-electron chi connectivity index (χ1n) is 7.70. The maximum absolute atomic E-state index is 13.7. The average molecular weight is 380 g/mol. The molecule has 26 heavy (non-hydrogen) atoms.